The van der Waals surface area contributed by atoms with E-state index in [0.717, 1.165) is 5.56 Å². The molecule has 1 amide bonds. The molecule has 1 aromatic carbocycles. The number of benzene rings is 1. The van der Waals surface area contributed by atoms with Gasteiger partial charge < -0.3 is 5.32 Å². The van der Waals surface area contributed by atoms with Gasteiger partial charge in [0.05, 0.1) is 6.04 Å². The largest absolute Gasteiger partial charge is 0.305 e. The molecule has 8 nitrogen and oxygen atoms in total. The van der Waals surface area contributed by atoms with Crippen LogP contribution in [0.15, 0.2) is 36.5 Å². The number of hydrogen-bond donors (Lipinski definition) is 1. The molecular weight excluding hydrogens is 294 g/mol. The third kappa shape index (κ3) is 3.10. The second-order valence-corrected chi connectivity index (χ2v) is 5.45. The molecule has 3 aromatic rings. The molecule has 118 valence electrons. The fraction of sp³-hybridized carbons (Fsp3) is 0.267. The van der Waals surface area contributed by atoms with E-state index in [2.05, 4.69) is 25.9 Å². The summed E-state index contributed by atoms with van der Waals surface area (Å²) in [6.45, 7) is 4.00. The van der Waals surface area contributed by atoms with E-state index in [0.29, 0.717) is 17.2 Å². The van der Waals surface area contributed by atoms with E-state index >= 15 is 0 Å². The number of amides is 1. The Hall–Kier alpha value is -3.03. The Morgan fingerprint density at radius 1 is 1.26 bits per heavy atom. The van der Waals surface area contributed by atoms with Crippen molar-refractivity contribution in [3.63, 3.8) is 0 Å². The maximum atomic E-state index is 12.3. The predicted molar refractivity (Wildman–Crippen MR) is 84.8 cm³/mol. The van der Waals surface area contributed by atoms with Crippen molar-refractivity contribution in [2.75, 3.05) is 5.32 Å². The second-order valence-electron chi connectivity index (χ2n) is 5.45. The molecule has 3 rings (SSSR count). The number of tetrazole rings is 1. The first-order valence-corrected chi connectivity index (χ1v) is 7.24. The van der Waals surface area contributed by atoms with Crippen molar-refractivity contribution < 1.29 is 4.79 Å². The Bertz CT molecular complexity index is 834. The van der Waals surface area contributed by atoms with Gasteiger partial charge in [0.15, 0.2) is 11.6 Å². The first kappa shape index (κ1) is 14.9. The quantitative estimate of drug-likeness (QED) is 0.794. The van der Waals surface area contributed by atoms with Crippen molar-refractivity contribution in [1.29, 1.82) is 0 Å². The van der Waals surface area contributed by atoms with Gasteiger partial charge in [0.1, 0.15) is 0 Å². The fourth-order valence-corrected chi connectivity index (χ4v) is 2.20. The van der Waals surface area contributed by atoms with Gasteiger partial charge in [-0.15, -0.1) is 5.10 Å². The van der Waals surface area contributed by atoms with Crippen molar-refractivity contribution in [1.82, 2.24) is 30.0 Å². The van der Waals surface area contributed by atoms with E-state index in [1.807, 2.05) is 26.0 Å². The second kappa shape index (κ2) is 5.99. The van der Waals surface area contributed by atoms with E-state index in [1.165, 1.54) is 0 Å². The van der Waals surface area contributed by atoms with Gasteiger partial charge in [-0.1, -0.05) is 12.1 Å². The number of carbonyl (C=O) groups excluding carboxylic acids is 1. The monoisotopic (exact) mass is 311 g/mol. The summed E-state index contributed by atoms with van der Waals surface area (Å²) in [5.74, 6) is 0.913. The molecule has 0 atom stereocenters. The summed E-state index contributed by atoms with van der Waals surface area (Å²) >= 11 is 0. The van der Waals surface area contributed by atoms with Gasteiger partial charge in [-0.2, -0.15) is 5.10 Å². The number of nitrogens with one attached hydrogen (secondary N) is 1. The third-order valence-electron chi connectivity index (χ3n) is 3.32. The van der Waals surface area contributed by atoms with Crippen LogP contribution in [0.5, 0.6) is 0 Å². The molecule has 0 fully saturated rings. The van der Waals surface area contributed by atoms with E-state index in [-0.39, 0.29) is 11.9 Å². The maximum absolute atomic E-state index is 12.3. The number of nitrogens with zero attached hydrogens (tertiary/aromatic N) is 6. The molecule has 8 heteroatoms. The lowest BCUT2D eigenvalue weighted by molar-refractivity contribution is 0.102. The summed E-state index contributed by atoms with van der Waals surface area (Å²) in [5.41, 5.74) is 1.31. The van der Waals surface area contributed by atoms with Gasteiger partial charge in [-0.05, 0) is 36.4 Å². The molecule has 2 heterocycles. The molecule has 0 aliphatic carbocycles. The smallest absolute Gasteiger partial charge is 0.256 e. The average molecular weight is 311 g/mol. The minimum atomic E-state index is -0.228. The van der Waals surface area contributed by atoms with E-state index in [9.17, 15) is 4.79 Å². The predicted octanol–water partition coefficient (Wildman–Crippen LogP) is 1.91. The normalized spacial score (nSPS) is 11.0. The maximum Gasteiger partial charge on any atom is 0.256 e. The Balaban J connectivity index is 1.87. The highest BCUT2D eigenvalue weighted by atomic mass is 16.1. The highest BCUT2D eigenvalue weighted by Gasteiger charge is 2.14. The summed E-state index contributed by atoms with van der Waals surface area (Å²) in [6.07, 6.45) is 1.77. The Morgan fingerprint density at radius 3 is 2.78 bits per heavy atom. The number of rotatable bonds is 4. The standard InChI is InChI=1S/C15H17N7O/c1-10(2)22-14(17-19-20-22)11-5-4-6-12(9-11)15(23)16-13-7-8-21(3)18-13/h4-10H,1-3H3,(H,16,18,23). The van der Waals surface area contributed by atoms with Crippen LogP contribution in [0.3, 0.4) is 0 Å². The van der Waals surface area contributed by atoms with E-state index in [4.69, 9.17) is 0 Å². The molecule has 23 heavy (non-hydrogen) atoms. The van der Waals surface area contributed by atoms with Gasteiger partial charge in [-0.3, -0.25) is 9.48 Å². The molecular formula is C15H17N7O. The molecule has 0 saturated heterocycles. The SMILES string of the molecule is CC(C)n1nnnc1-c1cccc(C(=O)Nc2ccn(C)n2)c1. The van der Waals surface area contributed by atoms with Crippen LogP contribution in [0.25, 0.3) is 11.4 Å². The minimum absolute atomic E-state index is 0.131. The zero-order valence-corrected chi connectivity index (χ0v) is 13.1. The van der Waals surface area contributed by atoms with Crippen molar-refractivity contribution in [2.24, 2.45) is 7.05 Å². The summed E-state index contributed by atoms with van der Waals surface area (Å²) in [4.78, 5) is 12.3. The molecule has 0 radical (unpaired) electrons. The summed E-state index contributed by atoms with van der Waals surface area (Å²) in [5, 5.41) is 18.6. The van der Waals surface area contributed by atoms with Gasteiger partial charge >= 0.3 is 0 Å². The fourth-order valence-electron chi connectivity index (χ4n) is 2.20. The van der Waals surface area contributed by atoms with Gasteiger partial charge in [-0.25, -0.2) is 4.68 Å². The zero-order valence-electron chi connectivity index (χ0n) is 13.1. The van der Waals surface area contributed by atoms with Crippen LogP contribution in [0.2, 0.25) is 0 Å². The van der Waals surface area contributed by atoms with Crippen LogP contribution < -0.4 is 5.32 Å². The lowest BCUT2D eigenvalue weighted by atomic mass is 10.1. The molecule has 0 aliphatic rings. The summed E-state index contributed by atoms with van der Waals surface area (Å²) in [7, 11) is 1.79. The van der Waals surface area contributed by atoms with Gasteiger partial charge in [0, 0.05) is 30.4 Å². The number of carbonyl (C=O) groups is 1. The minimum Gasteiger partial charge on any atom is -0.305 e. The highest BCUT2D eigenvalue weighted by molar-refractivity contribution is 6.04. The Morgan fingerprint density at radius 2 is 2.09 bits per heavy atom. The molecule has 0 bridgehead atoms. The number of anilines is 1. The third-order valence-corrected chi connectivity index (χ3v) is 3.32. The summed E-state index contributed by atoms with van der Waals surface area (Å²) in [6, 6.07) is 9.06. The average Bonchev–Trinajstić information content (AvgIpc) is 3.16. The lowest BCUT2D eigenvalue weighted by Gasteiger charge is -2.08. The van der Waals surface area contributed by atoms with Crippen molar-refractivity contribution in [3.05, 3.63) is 42.1 Å². The van der Waals surface area contributed by atoms with Crippen LogP contribution in [0.4, 0.5) is 5.82 Å². The van der Waals surface area contributed by atoms with Crippen LogP contribution >= 0.6 is 0 Å². The number of hydrogen-bond acceptors (Lipinski definition) is 5. The number of aromatic nitrogens is 6. The number of aryl methyl sites for hydroxylation is 1. The lowest BCUT2D eigenvalue weighted by Crippen LogP contribution is -2.13. The van der Waals surface area contributed by atoms with Crippen molar-refractivity contribution >= 4 is 11.7 Å². The van der Waals surface area contributed by atoms with Crippen LogP contribution in [0, 0.1) is 0 Å². The van der Waals surface area contributed by atoms with Gasteiger partial charge in [0.25, 0.3) is 5.91 Å². The highest BCUT2D eigenvalue weighted by Crippen LogP contribution is 2.20. The first-order valence-electron chi connectivity index (χ1n) is 7.24. The van der Waals surface area contributed by atoms with E-state index in [1.54, 1.807) is 40.8 Å². The first-order chi connectivity index (χ1) is 11.0. The van der Waals surface area contributed by atoms with Gasteiger partial charge in [0.2, 0.25) is 0 Å². The Kier molecular flexibility index (Phi) is 3.88. The van der Waals surface area contributed by atoms with Crippen molar-refractivity contribution in [2.45, 2.75) is 19.9 Å². The Labute approximate surface area is 133 Å². The molecule has 1 N–H and O–H groups in total. The van der Waals surface area contributed by atoms with Crippen molar-refractivity contribution in [3.8, 4) is 11.4 Å². The molecule has 0 saturated carbocycles. The molecule has 0 aliphatic heterocycles. The van der Waals surface area contributed by atoms with Crippen LogP contribution in [-0.4, -0.2) is 35.9 Å². The zero-order chi connectivity index (χ0) is 16.4. The molecule has 0 unspecified atom stereocenters. The van der Waals surface area contributed by atoms with Crippen LogP contribution in [0.1, 0.15) is 30.2 Å². The molecule has 0 spiro atoms. The molecule has 2 aromatic heterocycles. The summed E-state index contributed by atoms with van der Waals surface area (Å²) < 4.78 is 3.35. The topological polar surface area (TPSA) is 90.5 Å². The van der Waals surface area contributed by atoms with E-state index < -0.39 is 0 Å². The van der Waals surface area contributed by atoms with Crippen LogP contribution in [-0.2, 0) is 7.05 Å².